The number of nitro benzene ring substituents is 1. The van der Waals surface area contributed by atoms with Crippen molar-refractivity contribution in [2.24, 2.45) is 0 Å². The fraction of sp³-hybridized carbons (Fsp3) is 0.167. The molecule has 0 aliphatic rings. The van der Waals surface area contributed by atoms with Gasteiger partial charge in [0.25, 0.3) is 0 Å². The van der Waals surface area contributed by atoms with E-state index in [1.807, 2.05) is 0 Å². The second-order valence-corrected chi connectivity index (χ2v) is 4.16. The van der Waals surface area contributed by atoms with Crippen LogP contribution < -0.4 is 9.47 Å². The zero-order valence-electron chi connectivity index (χ0n) is 10.7. The average molecular weight is 296 g/mol. The van der Waals surface area contributed by atoms with E-state index in [0.717, 1.165) is 0 Å². The van der Waals surface area contributed by atoms with Crippen molar-refractivity contribution in [2.45, 2.75) is 6.92 Å². The molecule has 0 unspecified atom stereocenters. The Morgan fingerprint density at radius 3 is 2.80 bits per heavy atom. The van der Waals surface area contributed by atoms with E-state index >= 15 is 0 Å². The van der Waals surface area contributed by atoms with E-state index < -0.39 is 4.92 Å². The topological polar surface area (TPSA) is 87.4 Å². The van der Waals surface area contributed by atoms with E-state index in [4.69, 9.17) is 21.1 Å². The quantitative estimate of drug-likeness (QED) is 0.489. The van der Waals surface area contributed by atoms with Crippen LogP contribution in [0, 0.1) is 17.0 Å². The predicted octanol–water partition coefficient (Wildman–Crippen LogP) is 3.15. The molecule has 0 aliphatic carbocycles. The van der Waals surface area contributed by atoms with E-state index in [0.29, 0.717) is 5.56 Å². The lowest BCUT2D eigenvalue weighted by molar-refractivity contribution is -0.385. The maximum Gasteiger partial charge on any atom is 0.314 e. The van der Waals surface area contributed by atoms with Gasteiger partial charge in [0.05, 0.1) is 18.1 Å². The standard InChI is InChI=1S/C12H10ClN3O4/c1-7-6-14-12(13)15-11(7)20-8-3-4-10(19-2)9(5-8)16(17)18/h3-6H,1-2H3. The summed E-state index contributed by atoms with van der Waals surface area (Å²) in [6.07, 6.45) is 1.50. The van der Waals surface area contributed by atoms with Gasteiger partial charge < -0.3 is 9.47 Å². The number of nitro groups is 1. The van der Waals surface area contributed by atoms with Crippen LogP contribution in [0.25, 0.3) is 0 Å². The van der Waals surface area contributed by atoms with Crippen molar-refractivity contribution < 1.29 is 14.4 Å². The van der Waals surface area contributed by atoms with Gasteiger partial charge in [-0.25, -0.2) is 4.98 Å². The number of aryl methyl sites for hydroxylation is 1. The molecule has 1 heterocycles. The number of benzene rings is 1. The lowest BCUT2D eigenvalue weighted by atomic mass is 10.3. The maximum absolute atomic E-state index is 10.9. The largest absolute Gasteiger partial charge is 0.490 e. The molecular formula is C12H10ClN3O4. The lowest BCUT2D eigenvalue weighted by Crippen LogP contribution is -1.96. The van der Waals surface area contributed by atoms with Crippen molar-refractivity contribution in [3.8, 4) is 17.4 Å². The average Bonchev–Trinajstić information content (AvgIpc) is 2.42. The van der Waals surface area contributed by atoms with Crippen LogP contribution in [0.1, 0.15) is 5.56 Å². The monoisotopic (exact) mass is 295 g/mol. The Kier molecular flexibility index (Phi) is 3.99. The van der Waals surface area contributed by atoms with Crippen molar-refractivity contribution in [2.75, 3.05) is 7.11 Å². The molecule has 0 fully saturated rings. The minimum atomic E-state index is -0.550. The Hall–Kier alpha value is -2.41. The van der Waals surface area contributed by atoms with Crippen molar-refractivity contribution in [3.63, 3.8) is 0 Å². The van der Waals surface area contributed by atoms with Gasteiger partial charge in [0.2, 0.25) is 11.2 Å². The van der Waals surface area contributed by atoms with Gasteiger partial charge in [0.15, 0.2) is 5.75 Å². The molecule has 0 amide bonds. The highest BCUT2D eigenvalue weighted by Crippen LogP contribution is 2.33. The van der Waals surface area contributed by atoms with Crippen LogP contribution in [0.15, 0.2) is 24.4 Å². The first-order valence-corrected chi connectivity index (χ1v) is 5.88. The molecule has 7 nitrogen and oxygen atoms in total. The Morgan fingerprint density at radius 1 is 1.40 bits per heavy atom. The van der Waals surface area contributed by atoms with Crippen LogP contribution in [-0.4, -0.2) is 22.0 Å². The Bertz CT molecular complexity index is 663. The summed E-state index contributed by atoms with van der Waals surface area (Å²) in [5, 5.41) is 11.0. The van der Waals surface area contributed by atoms with Crippen molar-refractivity contribution in [1.29, 1.82) is 0 Å². The molecule has 8 heteroatoms. The van der Waals surface area contributed by atoms with Crippen molar-refractivity contribution >= 4 is 17.3 Å². The van der Waals surface area contributed by atoms with E-state index in [-0.39, 0.29) is 28.3 Å². The van der Waals surface area contributed by atoms with Crippen LogP contribution in [0.5, 0.6) is 17.4 Å². The van der Waals surface area contributed by atoms with Crippen molar-refractivity contribution in [3.05, 3.63) is 45.4 Å². The van der Waals surface area contributed by atoms with Crippen LogP contribution in [0.2, 0.25) is 5.28 Å². The number of nitrogens with zero attached hydrogens (tertiary/aromatic N) is 3. The number of aromatic nitrogens is 2. The summed E-state index contributed by atoms with van der Waals surface area (Å²) in [5.74, 6) is 0.652. The molecule has 0 aliphatic heterocycles. The summed E-state index contributed by atoms with van der Waals surface area (Å²) >= 11 is 5.68. The zero-order chi connectivity index (χ0) is 14.7. The Labute approximate surface area is 119 Å². The van der Waals surface area contributed by atoms with Crippen LogP contribution in [-0.2, 0) is 0 Å². The second-order valence-electron chi connectivity index (χ2n) is 3.82. The Balaban J connectivity index is 2.37. The molecular weight excluding hydrogens is 286 g/mol. The van der Waals surface area contributed by atoms with E-state index in [1.165, 1.54) is 25.4 Å². The van der Waals surface area contributed by atoms with Gasteiger partial charge in [-0.1, -0.05) is 0 Å². The van der Waals surface area contributed by atoms with Gasteiger partial charge in [-0.3, -0.25) is 10.1 Å². The second kappa shape index (κ2) is 5.70. The minimum absolute atomic E-state index is 0.0358. The fourth-order valence-corrected chi connectivity index (χ4v) is 1.62. The van der Waals surface area contributed by atoms with Gasteiger partial charge >= 0.3 is 5.69 Å². The van der Waals surface area contributed by atoms with Crippen molar-refractivity contribution in [1.82, 2.24) is 9.97 Å². The molecule has 20 heavy (non-hydrogen) atoms. The highest BCUT2D eigenvalue weighted by atomic mass is 35.5. The van der Waals surface area contributed by atoms with Gasteiger partial charge in [-0.2, -0.15) is 4.98 Å². The maximum atomic E-state index is 10.9. The molecule has 2 rings (SSSR count). The molecule has 0 N–H and O–H groups in total. The van der Waals surface area contributed by atoms with Crippen LogP contribution in [0.3, 0.4) is 0 Å². The molecule has 0 bridgehead atoms. The summed E-state index contributed by atoms with van der Waals surface area (Å²) < 4.78 is 10.4. The summed E-state index contributed by atoms with van der Waals surface area (Å²) in [4.78, 5) is 18.1. The number of hydrogen-bond donors (Lipinski definition) is 0. The minimum Gasteiger partial charge on any atom is -0.490 e. The van der Waals surface area contributed by atoms with Gasteiger partial charge in [-0.05, 0) is 30.7 Å². The first-order valence-electron chi connectivity index (χ1n) is 5.50. The highest BCUT2D eigenvalue weighted by molar-refractivity contribution is 6.28. The van der Waals surface area contributed by atoms with Gasteiger partial charge in [0, 0.05) is 11.8 Å². The molecule has 104 valence electrons. The number of methoxy groups -OCH3 is 1. The highest BCUT2D eigenvalue weighted by Gasteiger charge is 2.16. The molecule has 2 aromatic rings. The fourth-order valence-electron chi connectivity index (χ4n) is 1.50. The third-order valence-corrected chi connectivity index (χ3v) is 2.64. The molecule has 0 spiro atoms. The lowest BCUT2D eigenvalue weighted by Gasteiger charge is -2.08. The first-order chi connectivity index (χ1) is 9.51. The van der Waals surface area contributed by atoms with Crippen LogP contribution in [0.4, 0.5) is 5.69 Å². The zero-order valence-corrected chi connectivity index (χ0v) is 11.4. The third-order valence-electron chi connectivity index (χ3n) is 2.46. The molecule has 1 aromatic heterocycles. The smallest absolute Gasteiger partial charge is 0.314 e. The molecule has 0 saturated carbocycles. The number of rotatable bonds is 4. The molecule has 1 aromatic carbocycles. The summed E-state index contributed by atoms with van der Waals surface area (Å²) in [6, 6.07) is 4.25. The molecule has 0 radical (unpaired) electrons. The van der Waals surface area contributed by atoms with Gasteiger partial charge in [0.1, 0.15) is 5.75 Å². The normalized spacial score (nSPS) is 10.2. The first kappa shape index (κ1) is 14.0. The number of halogens is 1. The number of hydrogen-bond acceptors (Lipinski definition) is 6. The number of ether oxygens (including phenoxy) is 2. The Morgan fingerprint density at radius 2 is 2.15 bits per heavy atom. The summed E-state index contributed by atoms with van der Waals surface area (Å²) in [5.41, 5.74) is 0.468. The third kappa shape index (κ3) is 2.94. The van der Waals surface area contributed by atoms with Gasteiger partial charge in [-0.15, -0.1) is 0 Å². The predicted molar refractivity (Wildman–Crippen MR) is 71.5 cm³/mol. The molecule has 0 atom stereocenters. The van der Waals surface area contributed by atoms with E-state index in [9.17, 15) is 10.1 Å². The summed E-state index contributed by atoms with van der Waals surface area (Å²) in [6.45, 7) is 1.74. The molecule has 0 saturated heterocycles. The van der Waals surface area contributed by atoms with E-state index in [2.05, 4.69) is 9.97 Å². The van der Waals surface area contributed by atoms with Crippen LogP contribution >= 0.6 is 11.6 Å². The SMILES string of the molecule is COc1ccc(Oc2nc(Cl)ncc2C)cc1[N+](=O)[O-]. The van der Waals surface area contributed by atoms with E-state index in [1.54, 1.807) is 13.0 Å². The summed E-state index contributed by atoms with van der Waals surface area (Å²) in [7, 11) is 1.36.